The fraction of sp³-hybridized carbons (Fsp3) is 0.188. The standard InChI is InChI=1S/C16H15BrClN4OP/c1-9-4-5-10-12(20-9)6-7-13(14(10)24(2,3)23)21-15-11(17)8-19-16(18)22-15/h4-8H,1-3H3,(H,19,21,22). The first-order valence-corrected chi connectivity index (χ1v) is 10.9. The zero-order valence-corrected chi connectivity index (χ0v) is 16.6. The number of aromatic nitrogens is 3. The SMILES string of the molecule is Cc1ccc2c(P(C)(C)=O)c(Nc3nc(Cl)ncc3Br)ccc2n1. The highest BCUT2D eigenvalue weighted by Gasteiger charge is 2.21. The van der Waals surface area contributed by atoms with E-state index < -0.39 is 7.14 Å². The summed E-state index contributed by atoms with van der Waals surface area (Å²) in [6, 6.07) is 7.65. The van der Waals surface area contributed by atoms with Crippen LogP contribution in [-0.2, 0) is 4.57 Å². The quantitative estimate of drug-likeness (QED) is 0.485. The molecule has 0 unspecified atom stereocenters. The van der Waals surface area contributed by atoms with Crippen molar-refractivity contribution in [2.45, 2.75) is 6.92 Å². The van der Waals surface area contributed by atoms with Gasteiger partial charge in [0.05, 0.1) is 15.7 Å². The van der Waals surface area contributed by atoms with Gasteiger partial charge in [-0.25, -0.2) is 4.98 Å². The van der Waals surface area contributed by atoms with E-state index in [9.17, 15) is 4.57 Å². The van der Waals surface area contributed by atoms with Crippen LogP contribution in [0.25, 0.3) is 10.9 Å². The third kappa shape index (κ3) is 3.46. The normalized spacial score (nSPS) is 11.7. The van der Waals surface area contributed by atoms with Crippen LogP contribution in [-0.4, -0.2) is 28.3 Å². The Morgan fingerprint density at radius 2 is 1.92 bits per heavy atom. The molecule has 24 heavy (non-hydrogen) atoms. The van der Waals surface area contributed by atoms with Gasteiger partial charge >= 0.3 is 0 Å². The fourth-order valence-corrected chi connectivity index (χ4v) is 4.44. The Balaban J connectivity index is 2.22. The van der Waals surface area contributed by atoms with E-state index in [1.54, 1.807) is 19.5 Å². The molecule has 5 nitrogen and oxygen atoms in total. The number of hydrogen-bond acceptors (Lipinski definition) is 5. The predicted molar refractivity (Wildman–Crippen MR) is 104 cm³/mol. The van der Waals surface area contributed by atoms with Gasteiger partial charge in [0.1, 0.15) is 13.0 Å². The second-order valence-corrected chi connectivity index (χ2v) is 10.1. The van der Waals surface area contributed by atoms with E-state index in [0.29, 0.717) is 10.3 Å². The smallest absolute Gasteiger partial charge is 0.224 e. The predicted octanol–water partition coefficient (Wildman–Crippen LogP) is 4.74. The van der Waals surface area contributed by atoms with Gasteiger partial charge in [-0.3, -0.25) is 4.98 Å². The van der Waals surface area contributed by atoms with Gasteiger partial charge < -0.3 is 9.88 Å². The lowest BCUT2D eigenvalue weighted by atomic mass is 10.2. The van der Waals surface area contributed by atoms with Crippen molar-refractivity contribution in [3.63, 3.8) is 0 Å². The van der Waals surface area contributed by atoms with Crippen LogP contribution in [0.1, 0.15) is 5.69 Å². The molecule has 0 radical (unpaired) electrons. The number of nitrogens with zero attached hydrogens (tertiary/aromatic N) is 3. The molecule has 124 valence electrons. The first-order valence-electron chi connectivity index (χ1n) is 7.16. The van der Waals surface area contributed by atoms with E-state index in [4.69, 9.17) is 11.6 Å². The van der Waals surface area contributed by atoms with E-state index >= 15 is 0 Å². The van der Waals surface area contributed by atoms with E-state index in [0.717, 1.165) is 27.6 Å². The topological polar surface area (TPSA) is 67.8 Å². The molecule has 0 spiro atoms. The van der Waals surface area contributed by atoms with Crippen LogP contribution >= 0.6 is 34.7 Å². The van der Waals surface area contributed by atoms with Crippen LogP contribution in [0, 0.1) is 6.92 Å². The number of rotatable bonds is 3. The average Bonchev–Trinajstić information content (AvgIpc) is 2.49. The average molecular weight is 426 g/mol. The summed E-state index contributed by atoms with van der Waals surface area (Å²) >= 11 is 9.27. The molecule has 2 aromatic heterocycles. The van der Waals surface area contributed by atoms with Crippen molar-refractivity contribution in [2.75, 3.05) is 18.6 Å². The Kier molecular flexibility index (Phi) is 4.65. The fourth-order valence-electron chi connectivity index (χ4n) is 2.53. The molecule has 0 fully saturated rings. The largest absolute Gasteiger partial charge is 0.339 e. The molecular weight excluding hydrogens is 411 g/mol. The van der Waals surface area contributed by atoms with Crippen molar-refractivity contribution in [3.05, 3.63) is 45.9 Å². The van der Waals surface area contributed by atoms with Crippen molar-refractivity contribution in [3.8, 4) is 0 Å². The van der Waals surface area contributed by atoms with Gasteiger partial charge in [0.25, 0.3) is 0 Å². The van der Waals surface area contributed by atoms with Gasteiger partial charge in [0, 0.05) is 22.6 Å². The Morgan fingerprint density at radius 1 is 1.17 bits per heavy atom. The summed E-state index contributed by atoms with van der Waals surface area (Å²) in [6.45, 7) is 5.42. The Morgan fingerprint density at radius 3 is 2.62 bits per heavy atom. The minimum atomic E-state index is -2.57. The highest BCUT2D eigenvalue weighted by molar-refractivity contribution is 9.10. The first kappa shape index (κ1) is 17.3. The summed E-state index contributed by atoms with van der Waals surface area (Å²) < 4.78 is 13.6. The zero-order valence-electron chi connectivity index (χ0n) is 13.3. The number of anilines is 2. The molecule has 3 aromatic rings. The van der Waals surface area contributed by atoms with Crippen molar-refractivity contribution in [1.82, 2.24) is 15.0 Å². The van der Waals surface area contributed by atoms with Crippen molar-refractivity contribution < 1.29 is 4.57 Å². The van der Waals surface area contributed by atoms with E-state index in [1.807, 2.05) is 31.2 Å². The molecule has 2 heterocycles. The lowest BCUT2D eigenvalue weighted by Crippen LogP contribution is -2.12. The minimum Gasteiger partial charge on any atom is -0.339 e. The van der Waals surface area contributed by atoms with Gasteiger partial charge in [-0.2, -0.15) is 4.98 Å². The molecule has 0 saturated carbocycles. The second kappa shape index (κ2) is 6.43. The molecule has 0 amide bonds. The van der Waals surface area contributed by atoms with Gasteiger partial charge in [-0.15, -0.1) is 0 Å². The van der Waals surface area contributed by atoms with Crippen LogP contribution in [0.2, 0.25) is 5.28 Å². The van der Waals surface area contributed by atoms with E-state index in [-0.39, 0.29) is 5.28 Å². The summed E-state index contributed by atoms with van der Waals surface area (Å²) in [5.41, 5.74) is 2.46. The monoisotopic (exact) mass is 424 g/mol. The van der Waals surface area contributed by atoms with E-state index in [2.05, 4.69) is 36.2 Å². The molecule has 0 aliphatic carbocycles. The number of halogens is 2. The summed E-state index contributed by atoms with van der Waals surface area (Å²) in [4.78, 5) is 12.6. The molecule has 0 saturated heterocycles. The van der Waals surface area contributed by atoms with E-state index in [1.165, 1.54) is 0 Å². The maximum atomic E-state index is 12.9. The zero-order chi connectivity index (χ0) is 17.5. The second-order valence-electron chi connectivity index (χ2n) is 5.79. The number of aryl methyl sites for hydroxylation is 1. The number of hydrogen-bond donors (Lipinski definition) is 1. The van der Waals surface area contributed by atoms with Crippen LogP contribution in [0.15, 0.2) is 34.9 Å². The molecule has 1 aromatic carbocycles. The molecule has 0 atom stereocenters. The third-order valence-electron chi connectivity index (χ3n) is 3.49. The molecule has 0 aliphatic heterocycles. The van der Waals surface area contributed by atoms with Crippen LogP contribution < -0.4 is 10.6 Å². The summed E-state index contributed by atoms with van der Waals surface area (Å²) in [5.74, 6) is 0.518. The number of pyridine rings is 1. The molecule has 1 N–H and O–H groups in total. The third-order valence-corrected chi connectivity index (χ3v) is 5.81. The van der Waals surface area contributed by atoms with Crippen LogP contribution in [0.5, 0.6) is 0 Å². The maximum Gasteiger partial charge on any atom is 0.224 e. The Hall–Kier alpha value is -1.49. The molecular formula is C16H15BrClN4OP. The van der Waals surface area contributed by atoms with Crippen LogP contribution in [0.4, 0.5) is 11.5 Å². The summed E-state index contributed by atoms with van der Waals surface area (Å²) in [7, 11) is -2.57. The van der Waals surface area contributed by atoms with Crippen LogP contribution in [0.3, 0.4) is 0 Å². The molecule has 8 heteroatoms. The van der Waals surface area contributed by atoms with Gasteiger partial charge in [0.15, 0.2) is 0 Å². The van der Waals surface area contributed by atoms with Crippen molar-refractivity contribution in [1.29, 1.82) is 0 Å². The van der Waals surface area contributed by atoms with Gasteiger partial charge in [-0.05, 0) is 66.0 Å². The lowest BCUT2D eigenvalue weighted by molar-refractivity contribution is 0.588. The van der Waals surface area contributed by atoms with Crippen molar-refractivity contribution >= 4 is 62.4 Å². The Labute approximate surface area is 153 Å². The van der Waals surface area contributed by atoms with Gasteiger partial charge in [-0.1, -0.05) is 6.07 Å². The van der Waals surface area contributed by atoms with Gasteiger partial charge in [0.2, 0.25) is 5.28 Å². The number of nitrogens with one attached hydrogen (secondary N) is 1. The number of fused-ring (bicyclic) bond motifs is 1. The highest BCUT2D eigenvalue weighted by Crippen LogP contribution is 2.41. The highest BCUT2D eigenvalue weighted by atomic mass is 79.9. The maximum absolute atomic E-state index is 12.9. The Bertz CT molecular complexity index is 989. The summed E-state index contributed by atoms with van der Waals surface area (Å²) in [6.07, 6.45) is 1.57. The summed E-state index contributed by atoms with van der Waals surface area (Å²) in [5, 5.41) is 4.96. The molecule has 0 bridgehead atoms. The number of benzene rings is 1. The first-order chi connectivity index (χ1) is 11.3. The molecule has 3 rings (SSSR count). The van der Waals surface area contributed by atoms with Crippen molar-refractivity contribution in [2.24, 2.45) is 0 Å². The minimum absolute atomic E-state index is 0.136. The lowest BCUT2D eigenvalue weighted by Gasteiger charge is -2.18. The molecule has 0 aliphatic rings.